The van der Waals surface area contributed by atoms with Crippen molar-refractivity contribution in [1.82, 2.24) is 15.2 Å². The third kappa shape index (κ3) is 3.93. The second-order valence-corrected chi connectivity index (χ2v) is 6.81. The molecule has 2 atom stereocenters. The maximum absolute atomic E-state index is 4.55. The lowest BCUT2D eigenvalue weighted by atomic mass is 9.99. The van der Waals surface area contributed by atoms with Gasteiger partial charge in [-0.1, -0.05) is 0 Å². The number of piperidine rings is 1. The summed E-state index contributed by atoms with van der Waals surface area (Å²) in [6.45, 7) is 10.9. The molecular formula is C15H28N4S. The molecule has 0 aromatic carbocycles. The molecule has 1 aliphatic rings. The Kier molecular flexibility index (Phi) is 5.81. The van der Waals surface area contributed by atoms with Crippen LogP contribution >= 0.6 is 11.3 Å². The van der Waals surface area contributed by atoms with E-state index in [4.69, 9.17) is 0 Å². The van der Waals surface area contributed by atoms with Crippen molar-refractivity contribution >= 4 is 16.5 Å². The molecule has 0 spiro atoms. The van der Waals surface area contributed by atoms with Crippen LogP contribution in [-0.4, -0.2) is 48.6 Å². The van der Waals surface area contributed by atoms with Crippen LogP contribution < -0.4 is 10.2 Å². The van der Waals surface area contributed by atoms with Gasteiger partial charge in [-0.2, -0.15) is 0 Å². The van der Waals surface area contributed by atoms with Gasteiger partial charge >= 0.3 is 0 Å². The highest BCUT2D eigenvalue weighted by atomic mass is 32.1. The second-order valence-electron chi connectivity index (χ2n) is 5.71. The van der Waals surface area contributed by atoms with Crippen molar-refractivity contribution in [2.75, 3.05) is 31.6 Å². The highest BCUT2D eigenvalue weighted by molar-refractivity contribution is 7.15. The molecule has 4 nitrogen and oxygen atoms in total. The van der Waals surface area contributed by atoms with Crippen molar-refractivity contribution < 1.29 is 0 Å². The average Bonchev–Trinajstić information content (AvgIpc) is 2.90. The molecule has 1 aliphatic heterocycles. The Balaban J connectivity index is 1.82. The van der Waals surface area contributed by atoms with E-state index in [0.29, 0.717) is 12.1 Å². The van der Waals surface area contributed by atoms with Crippen LogP contribution in [0.1, 0.15) is 38.5 Å². The molecule has 2 unspecified atom stereocenters. The summed E-state index contributed by atoms with van der Waals surface area (Å²) >= 11 is 1.82. The van der Waals surface area contributed by atoms with Gasteiger partial charge in [-0.15, -0.1) is 11.3 Å². The van der Waals surface area contributed by atoms with E-state index in [-0.39, 0.29) is 0 Å². The van der Waals surface area contributed by atoms with E-state index >= 15 is 0 Å². The molecule has 1 N–H and O–H groups in total. The molecule has 1 aromatic rings. The Morgan fingerprint density at radius 1 is 1.45 bits per heavy atom. The van der Waals surface area contributed by atoms with Gasteiger partial charge in [0, 0.05) is 42.8 Å². The zero-order valence-corrected chi connectivity index (χ0v) is 14.0. The third-order valence-corrected chi connectivity index (χ3v) is 5.41. The minimum atomic E-state index is 0.653. The Morgan fingerprint density at radius 2 is 2.20 bits per heavy atom. The van der Waals surface area contributed by atoms with E-state index in [1.165, 1.54) is 24.3 Å². The fraction of sp³-hybridized carbons (Fsp3) is 0.800. The van der Waals surface area contributed by atoms with Crippen LogP contribution in [0.2, 0.25) is 0 Å². The predicted molar refractivity (Wildman–Crippen MR) is 87.6 cm³/mol. The zero-order valence-electron chi connectivity index (χ0n) is 13.2. The topological polar surface area (TPSA) is 31.4 Å². The fourth-order valence-corrected chi connectivity index (χ4v) is 3.73. The quantitative estimate of drug-likeness (QED) is 0.874. The van der Waals surface area contributed by atoms with Crippen LogP contribution in [0.15, 0.2) is 6.20 Å². The van der Waals surface area contributed by atoms with Gasteiger partial charge in [-0.3, -0.25) is 0 Å². The first-order valence-corrected chi connectivity index (χ1v) is 8.59. The van der Waals surface area contributed by atoms with Crippen molar-refractivity contribution in [3.05, 3.63) is 11.1 Å². The predicted octanol–water partition coefficient (Wildman–Crippen LogP) is 2.56. The van der Waals surface area contributed by atoms with Gasteiger partial charge in [0.25, 0.3) is 0 Å². The molecule has 0 radical (unpaired) electrons. The largest absolute Gasteiger partial charge is 0.349 e. The maximum atomic E-state index is 4.55. The number of rotatable bonds is 6. The summed E-state index contributed by atoms with van der Waals surface area (Å²) in [5.41, 5.74) is 0. The molecule has 1 aromatic heterocycles. The van der Waals surface area contributed by atoms with Crippen molar-refractivity contribution in [3.8, 4) is 0 Å². The molecule has 0 saturated carbocycles. The number of likely N-dealkylation sites (tertiary alicyclic amines) is 1. The van der Waals surface area contributed by atoms with Crippen molar-refractivity contribution in [3.63, 3.8) is 0 Å². The normalized spacial score (nSPS) is 24.0. The van der Waals surface area contributed by atoms with Crippen LogP contribution in [0.5, 0.6) is 0 Å². The highest BCUT2D eigenvalue weighted by Gasteiger charge is 2.22. The van der Waals surface area contributed by atoms with Crippen LogP contribution in [0, 0.1) is 0 Å². The van der Waals surface area contributed by atoms with Crippen LogP contribution in [0.3, 0.4) is 0 Å². The van der Waals surface area contributed by atoms with Gasteiger partial charge in [0.15, 0.2) is 5.13 Å². The minimum Gasteiger partial charge on any atom is -0.349 e. The SMILES string of the molecule is CCN(CC)c1ncc(CNC2CCN(C)C(C)C2)s1. The Labute approximate surface area is 127 Å². The minimum absolute atomic E-state index is 0.653. The van der Waals surface area contributed by atoms with E-state index < -0.39 is 0 Å². The third-order valence-electron chi connectivity index (χ3n) is 4.35. The lowest BCUT2D eigenvalue weighted by Gasteiger charge is -2.35. The summed E-state index contributed by atoms with van der Waals surface area (Å²) < 4.78 is 0. The highest BCUT2D eigenvalue weighted by Crippen LogP contribution is 2.23. The summed E-state index contributed by atoms with van der Waals surface area (Å²) in [5, 5.41) is 4.86. The summed E-state index contributed by atoms with van der Waals surface area (Å²) in [4.78, 5) is 10.7. The van der Waals surface area contributed by atoms with Crippen molar-refractivity contribution in [2.45, 2.75) is 52.2 Å². The lowest BCUT2D eigenvalue weighted by molar-refractivity contribution is 0.168. The van der Waals surface area contributed by atoms with E-state index in [9.17, 15) is 0 Å². The van der Waals surface area contributed by atoms with E-state index in [1.54, 1.807) is 0 Å². The van der Waals surface area contributed by atoms with Gasteiger partial charge in [-0.25, -0.2) is 4.98 Å². The second kappa shape index (κ2) is 7.38. The molecule has 1 fully saturated rings. The first-order chi connectivity index (χ1) is 9.63. The van der Waals surface area contributed by atoms with Gasteiger partial charge < -0.3 is 15.1 Å². The zero-order chi connectivity index (χ0) is 14.5. The molecule has 0 bridgehead atoms. The molecule has 2 rings (SSSR count). The lowest BCUT2D eigenvalue weighted by Crippen LogP contribution is -2.45. The molecule has 114 valence electrons. The molecule has 2 heterocycles. The summed E-state index contributed by atoms with van der Waals surface area (Å²) in [7, 11) is 2.22. The van der Waals surface area contributed by atoms with Crippen molar-refractivity contribution in [1.29, 1.82) is 0 Å². The Hall–Kier alpha value is -0.650. The smallest absolute Gasteiger partial charge is 0.185 e. The van der Waals surface area contributed by atoms with Gasteiger partial charge in [-0.05, 0) is 47.2 Å². The van der Waals surface area contributed by atoms with Crippen LogP contribution in [0.25, 0.3) is 0 Å². The van der Waals surface area contributed by atoms with Gasteiger partial charge in [0.1, 0.15) is 0 Å². The van der Waals surface area contributed by atoms with Crippen LogP contribution in [-0.2, 0) is 6.54 Å². The van der Waals surface area contributed by atoms with Crippen molar-refractivity contribution in [2.24, 2.45) is 0 Å². The summed E-state index contributed by atoms with van der Waals surface area (Å²) in [6, 6.07) is 1.34. The van der Waals surface area contributed by atoms with Gasteiger partial charge in [0.05, 0.1) is 0 Å². The Morgan fingerprint density at radius 3 is 2.85 bits per heavy atom. The molecule has 5 heteroatoms. The summed E-state index contributed by atoms with van der Waals surface area (Å²) in [6.07, 6.45) is 4.53. The Bertz CT molecular complexity index is 402. The number of hydrogen-bond acceptors (Lipinski definition) is 5. The van der Waals surface area contributed by atoms with Gasteiger partial charge in [0.2, 0.25) is 0 Å². The van der Waals surface area contributed by atoms with Crippen LogP contribution in [0.4, 0.5) is 5.13 Å². The molecule has 0 amide bonds. The average molecular weight is 296 g/mol. The van der Waals surface area contributed by atoms with E-state index in [0.717, 1.165) is 24.8 Å². The number of hydrogen-bond donors (Lipinski definition) is 1. The molecule has 1 saturated heterocycles. The molecular weight excluding hydrogens is 268 g/mol. The number of nitrogens with zero attached hydrogens (tertiary/aromatic N) is 3. The molecule has 20 heavy (non-hydrogen) atoms. The summed E-state index contributed by atoms with van der Waals surface area (Å²) in [5.74, 6) is 0. The number of nitrogens with one attached hydrogen (secondary N) is 1. The number of aromatic nitrogens is 1. The number of thiazole rings is 1. The first kappa shape index (κ1) is 15.7. The standard InChI is InChI=1S/C15H28N4S/c1-5-19(6-2)15-17-11-14(20-15)10-16-13-7-8-18(4)12(3)9-13/h11-13,16H,5-10H2,1-4H3. The number of anilines is 1. The monoisotopic (exact) mass is 296 g/mol. The fourth-order valence-electron chi connectivity index (χ4n) is 2.74. The van der Waals surface area contributed by atoms with E-state index in [2.05, 4.69) is 47.9 Å². The maximum Gasteiger partial charge on any atom is 0.185 e. The molecule has 0 aliphatic carbocycles. The van der Waals surface area contributed by atoms with E-state index in [1.807, 2.05) is 17.5 Å². The first-order valence-electron chi connectivity index (χ1n) is 7.77.